The highest BCUT2D eigenvalue weighted by Gasteiger charge is 2.14. The molecule has 5 heteroatoms. The van der Waals surface area contributed by atoms with Gasteiger partial charge in [0, 0.05) is 11.0 Å². The summed E-state index contributed by atoms with van der Waals surface area (Å²) in [5.74, 6) is 1.45. The number of benzene rings is 2. The molecule has 0 aliphatic heterocycles. The lowest BCUT2D eigenvalue weighted by Crippen LogP contribution is -2.36. The van der Waals surface area contributed by atoms with Gasteiger partial charge in [-0.25, -0.2) is 0 Å². The molecule has 1 amide bonds. The van der Waals surface area contributed by atoms with Gasteiger partial charge in [0.1, 0.15) is 11.5 Å². The van der Waals surface area contributed by atoms with Gasteiger partial charge in [-0.1, -0.05) is 34.1 Å². The Hall–Kier alpha value is -2.01. The van der Waals surface area contributed by atoms with Crippen LogP contribution in [0.1, 0.15) is 18.9 Å². The highest BCUT2D eigenvalue weighted by Crippen LogP contribution is 2.19. The number of halogens is 1. The SMILES string of the molecule is COc1ccccc1CCCNC(=O)C(C)Oc1ccc(Br)cc1. The average molecular weight is 392 g/mol. The van der Waals surface area contributed by atoms with Crippen LogP contribution in [-0.2, 0) is 11.2 Å². The van der Waals surface area contributed by atoms with Crippen LogP contribution >= 0.6 is 15.9 Å². The molecule has 0 aromatic heterocycles. The Labute approximate surface area is 151 Å². The normalized spacial score (nSPS) is 11.6. The molecule has 1 unspecified atom stereocenters. The minimum atomic E-state index is -0.530. The van der Waals surface area contributed by atoms with Crippen molar-refractivity contribution in [1.82, 2.24) is 5.32 Å². The molecule has 0 aliphatic rings. The van der Waals surface area contributed by atoms with Crippen molar-refractivity contribution in [3.05, 3.63) is 58.6 Å². The topological polar surface area (TPSA) is 47.6 Å². The molecular weight excluding hydrogens is 370 g/mol. The molecule has 0 heterocycles. The van der Waals surface area contributed by atoms with Crippen LogP contribution in [0.2, 0.25) is 0 Å². The third-order valence-electron chi connectivity index (χ3n) is 3.61. The second-order valence-corrected chi connectivity index (χ2v) is 6.34. The quantitative estimate of drug-likeness (QED) is 0.692. The zero-order valence-corrected chi connectivity index (χ0v) is 15.5. The van der Waals surface area contributed by atoms with E-state index in [0.29, 0.717) is 12.3 Å². The van der Waals surface area contributed by atoms with Gasteiger partial charge in [-0.2, -0.15) is 0 Å². The van der Waals surface area contributed by atoms with Gasteiger partial charge in [0.2, 0.25) is 0 Å². The van der Waals surface area contributed by atoms with Crippen molar-refractivity contribution in [2.75, 3.05) is 13.7 Å². The Morgan fingerprint density at radius 3 is 2.58 bits per heavy atom. The van der Waals surface area contributed by atoms with Gasteiger partial charge in [-0.3, -0.25) is 4.79 Å². The van der Waals surface area contributed by atoms with Crippen LogP contribution in [0, 0.1) is 0 Å². The van der Waals surface area contributed by atoms with Gasteiger partial charge in [0.15, 0.2) is 6.10 Å². The molecule has 0 saturated carbocycles. The summed E-state index contributed by atoms with van der Waals surface area (Å²) >= 11 is 3.37. The number of carbonyl (C=O) groups is 1. The highest BCUT2D eigenvalue weighted by atomic mass is 79.9. The zero-order valence-electron chi connectivity index (χ0n) is 13.9. The number of carbonyl (C=O) groups excluding carboxylic acids is 1. The lowest BCUT2D eigenvalue weighted by atomic mass is 10.1. The molecule has 0 spiro atoms. The average Bonchev–Trinajstić information content (AvgIpc) is 2.60. The van der Waals surface area contributed by atoms with E-state index < -0.39 is 6.10 Å². The van der Waals surface area contributed by atoms with E-state index >= 15 is 0 Å². The second-order valence-electron chi connectivity index (χ2n) is 5.42. The zero-order chi connectivity index (χ0) is 17.4. The van der Waals surface area contributed by atoms with Gasteiger partial charge in [-0.15, -0.1) is 0 Å². The Morgan fingerprint density at radius 1 is 1.17 bits per heavy atom. The molecule has 2 aromatic rings. The molecule has 1 N–H and O–H groups in total. The lowest BCUT2D eigenvalue weighted by Gasteiger charge is -2.15. The van der Waals surface area contributed by atoms with Crippen molar-refractivity contribution < 1.29 is 14.3 Å². The number of aryl methyl sites for hydroxylation is 1. The van der Waals surface area contributed by atoms with E-state index in [4.69, 9.17) is 9.47 Å². The van der Waals surface area contributed by atoms with Gasteiger partial charge in [0.05, 0.1) is 7.11 Å². The molecule has 1 atom stereocenters. The number of nitrogens with one attached hydrogen (secondary N) is 1. The second kappa shape index (κ2) is 9.33. The number of hydrogen-bond acceptors (Lipinski definition) is 3. The van der Waals surface area contributed by atoms with E-state index in [0.717, 1.165) is 28.6 Å². The molecule has 2 aromatic carbocycles. The third kappa shape index (κ3) is 5.57. The third-order valence-corrected chi connectivity index (χ3v) is 4.14. The fraction of sp³-hybridized carbons (Fsp3) is 0.316. The van der Waals surface area contributed by atoms with E-state index in [-0.39, 0.29) is 5.91 Å². The fourth-order valence-corrected chi connectivity index (χ4v) is 2.58. The lowest BCUT2D eigenvalue weighted by molar-refractivity contribution is -0.127. The first-order valence-corrected chi connectivity index (χ1v) is 8.71. The molecule has 0 aliphatic carbocycles. The summed E-state index contributed by atoms with van der Waals surface area (Å²) < 4.78 is 11.9. The Morgan fingerprint density at radius 2 is 1.88 bits per heavy atom. The summed E-state index contributed by atoms with van der Waals surface area (Å²) in [5.41, 5.74) is 1.15. The van der Waals surface area contributed by atoms with E-state index in [1.807, 2.05) is 48.5 Å². The summed E-state index contributed by atoms with van der Waals surface area (Å²) in [6, 6.07) is 15.4. The minimum absolute atomic E-state index is 0.113. The number of amides is 1. The summed E-state index contributed by atoms with van der Waals surface area (Å²) in [5, 5.41) is 2.91. The number of hydrogen-bond donors (Lipinski definition) is 1. The van der Waals surface area contributed by atoms with Gasteiger partial charge in [-0.05, 0) is 55.7 Å². The van der Waals surface area contributed by atoms with Crippen LogP contribution in [0.15, 0.2) is 53.0 Å². The van der Waals surface area contributed by atoms with Crippen molar-refractivity contribution in [3.8, 4) is 11.5 Å². The maximum Gasteiger partial charge on any atom is 0.260 e. The van der Waals surface area contributed by atoms with Crippen molar-refractivity contribution in [1.29, 1.82) is 0 Å². The molecule has 0 bridgehead atoms. The standard InChI is InChI=1S/C19H22BrNO3/c1-14(24-17-11-9-16(20)10-12-17)19(22)21-13-5-7-15-6-3-4-8-18(15)23-2/h3-4,6,8-12,14H,5,7,13H2,1-2H3,(H,21,22). The molecule has 4 nitrogen and oxygen atoms in total. The highest BCUT2D eigenvalue weighted by molar-refractivity contribution is 9.10. The molecular formula is C19H22BrNO3. The van der Waals surface area contributed by atoms with Crippen molar-refractivity contribution in [3.63, 3.8) is 0 Å². The Kier molecular flexibility index (Phi) is 7.12. The number of methoxy groups -OCH3 is 1. The smallest absolute Gasteiger partial charge is 0.260 e. The predicted octanol–water partition coefficient (Wildman–Crippen LogP) is 3.97. The van der Waals surface area contributed by atoms with E-state index in [1.165, 1.54) is 0 Å². The summed E-state index contributed by atoms with van der Waals surface area (Å²) in [6.45, 7) is 2.35. The molecule has 2 rings (SSSR count). The van der Waals surface area contributed by atoms with Crippen molar-refractivity contribution in [2.24, 2.45) is 0 Å². The first-order chi connectivity index (χ1) is 11.6. The van der Waals surface area contributed by atoms with Crippen molar-refractivity contribution in [2.45, 2.75) is 25.9 Å². The maximum atomic E-state index is 12.1. The largest absolute Gasteiger partial charge is 0.496 e. The molecule has 128 valence electrons. The Balaban J connectivity index is 1.73. The fourth-order valence-electron chi connectivity index (χ4n) is 2.31. The molecule has 24 heavy (non-hydrogen) atoms. The number of para-hydroxylation sites is 1. The van der Waals surface area contributed by atoms with Crippen molar-refractivity contribution >= 4 is 21.8 Å². The first-order valence-electron chi connectivity index (χ1n) is 7.92. The van der Waals surface area contributed by atoms with Crippen LogP contribution in [0.5, 0.6) is 11.5 Å². The van der Waals surface area contributed by atoms with Gasteiger partial charge in [0.25, 0.3) is 5.91 Å². The predicted molar refractivity (Wildman–Crippen MR) is 98.6 cm³/mol. The number of ether oxygens (including phenoxy) is 2. The van der Waals surface area contributed by atoms with Crippen LogP contribution in [0.3, 0.4) is 0 Å². The first kappa shape index (κ1) is 18.3. The Bertz CT molecular complexity index is 658. The van der Waals surface area contributed by atoms with Crippen LogP contribution in [0.4, 0.5) is 0 Å². The summed E-state index contributed by atoms with van der Waals surface area (Å²) in [7, 11) is 1.67. The molecule has 0 radical (unpaired) electrons. The van der Waals surface area contributed by atoms with Gasteiger partial charge < -0.3 is 14.8 Å². The van der Waals surface area contributed by atoms with E-state index in [1.54, 1.807) is 14.0 Å². The summed E-state index contributed by atoms with van der Waals surface area (Å²) in [4.78, 5) is 12.1. The van der Waals surface area contributed by atoms with Crippen LogP contribution in [0.25, 0.3) is 0 Å². The van der Waals surface area contributed by atoms with Crippen LogP contribution in [-0.4, -0.2) is 25.7 Å². The van der Waals surface area contributed by atoms with Crippen LogP contribution < -0.4 is 14.8 Å². The van der Waals surface area contributed by atoms with Gasteiger partial charge >= 0.3 is 0 Å². The van der Waals surface area contributed by atoms with E-state index in [2.05, 4.69) is 21.2 Å². The van der Waals surface area contributed by atoms with E-state index in [9.17, 15) is 4.79 Å². The number of rotatable bonds is 8. The minimum Gasteiger partial charge on any atom is -0.496 e. The maximum absolute atomic E-state index is 12.1. The molecule has 0 fully saturated rings. The monoisotopic (exact) mass is 391 g/mol. The summed E-state index contributed by atoms with van der Waals surface area (Å²) in [6.07, 6.45) is 1.17. The molecule has 0 saturated heterocycles.